The number of aromatic nitrogens is 1. The van der Waals surface area contributed by atoms with Gasteiger partial charge in [-0.25, -0.2) is 0 Å². The van der Waals surface area contributed by atoms with Crippen LogP contribution in [0.5, 0.6) is 0 Å². The number of likely N-dealkylation sites (tertiary alicyclic amines) is 1. The van der Waals surface area contributed by atoms with E-state index in [4.69, 9.17) is 12.2 Å². The van der Waals surface area contributed by atoms with E-state index >= 15 is 0 Å². The Morgan fingerprint density at radius 3 is 3.22 bits per heavy atom. The van der Waals surface area contributed by atoms with Crippen LogP contribution in [0, 0.1) is 0 Å². The zero-order valence-electron chi connectivity index (χ0n) is 10.7. The summed E-state index contributed by atoms with van der Waals surface area (Å²) in [6, 6.07) is 4.46. The van der Waals surface area contributed by atoms with Crippen molar-refractivity contribution in [3.8, 4) is 0 Å². The van der Waals surface area contributed by atoms with Gasteiger partial charge in [-0.2, -0.15) is 0 Å². The highest BCUT2D eigenvalue weighted by Crippen LogP contribution is 2.15. The molecule has 1 fully saturated rings. The number of nitrogens with one attached hydrogen (secondary N) is 2. The first-order chi connectivity index (χ1) is 8.79. The number of hydrogen-bond donors (Lipinski definition) is 2. The summed E-state index contributed by atoms with van der Waals surface area (Å²) in [5.74, 6) is 0. The SMILES string of the molecule is CCN1CCC[C@H]1CNC(=S)Nc1cccnc1. The fraction of sp³-hybridized carbons (Fsp3) is 0.538. The molecule has 18 heavy (non-hydrogen) atoms. The lowest BCUT2D eigenvalue weighted by atomic mass is 10.2. The molecule has 0 radical (unpaired) electrons. The van der Waals surface area contributed by atoms with Crippen molar-refractivity contribution >= 4 is 23.0 Å². The molecule has 1 atom stereocenters. The number of hydrogen-bond acceptors (Lipinski definition) is 3. The van der Waals surface area contributed by atoms with E-state index in [0.717, 1.165) is 18.8 Å². The maximum atomic E-state index is 5.28. The maximum Gasteiger partial charge on any atom is 0.170 e. The number of nitrogens with zero attached hydrogens (tertiary/aromatic N) is 2. The van der Waals surface area contributed by atoms with Crippen LogP contribution in [-0.2, 0) is 0 Å². The van der Waals surface area contributed by atoms with Crippen LogP contribution in [0.1, 0.15) is 19.8 Å². The summed E-state index contributed by atoms with van der Waals surface area (Å²) in [5, 5.41) is 7.10. The van der Waals surface area contributed by atoms with Crippen LogP contribution in [-0.4, -0.2) is 40.7 Å². The highest BCUT2D eigenvalue weighted by Gasteiger charge is 2.22. The Hall–Kier alpha value is -1.20. The molecule has 2 heterocycles. The molecule has 98 valence electrons. The van der Waals surface area contributed by atoms with E-state index in [2.05, 4.69) is 27.4 Å². The molecular weight excluding hydrogens is 244 g/mol. The van der Waals surface area contributed by atoms with Crippen molar-refractivity contribution < 1.29 is 0 Å². The normalized spacial score (nSPS) is 19.7. The van der Waals surface area contributed by atoms with Gasteiger partial charge in [0.05, 0.1) is 11.9 Å². The molecule has 2 N–H and O–H groups in total. The van der Waals surface area contributed by atoms with Gasteiger partial charge in [-0.15, -0.1) is 0 Å². The minimum atomic E-state index is 0.614. The predicted molar refractivity (Wildman–Crippen MR) is 78.7 cm³/mol. The van der Waals surface area contributed by atoms with Gasteiger partial charge in [0.15, 0.2) is 5.11 Å². The third-order valence-electron chi connectivity index (χ3n) is 3.32. The molecule has 0 aromatic carbocycles. The minimum absolute atomic E-state index is 0.614. The maximum absolute atomic E-state index is 5.28. The third kappa shape index (κ3) is 3.65. The molecular formula is C13H20N4S. The Labute approximate surface area is 114 Å². The van der Waals surface area contributed by atoms with E-state index in [1.165, 1.54) is 19.4 Å². The smallest absolute Gasteiger partial charge is 0.170 e. The molecule has 1 aliphatic rings. The van der Waals surface area contributed by atoms with Gasteiger partial charge in [0.2, 0.25) is 0 Å². The van der Waals surface area contributed by atoms with E-state index < -0.39 is 0 Å². The average molecular weight is 264 g/mol. The number of likely N-dealkylation sites (N-methyl/N-ethyl adjacent to an activating group) is 1. The van der Waals surface area contributed by atoms with Crippen molar-refractivity contribution in [2.24, 2.45) is 0 Å². The van der Waals surface area contributed by atoms with Gasteiger partial charge in [0.25, 0.3) is 0 Å². The Morgan fingerprint density at radius 1 is 1.61 bits per heavy atom. The second-order valence-electron chi connectivity index (χ2n) is 4.50. The fourth-order valence-electron chi connectivity index (χ4n) is 2.37. The van der Waals surface area contributed by atoms with E-state index in [9.17, 15) is 0 Å². The molecule has 1 aromatic heterocycles. The van der Waals surface area contributed by atoms with E-state index in [1.807, 2.05) is 12.1 Å². The lowest BCUT2D eigenvalue weighted by Crippen LogP contribution is -2.41. The van der Waals surface area contributed by atoms with Gasteiger partial charge in [-0.05, 0) is 50.3 Å². The van der Waals surface area contributed by atoms with Crippen LogP contribution < -0.4 is 10.6 Å². The molecule has 2 rings (SSSR count). The van der Waals surface area contributed by atoms with Gasteiger partial charge in [0.1, 0.15) is 0 Å². The molecule has 0 unspecified atom stereocenters. The van der Waals surface area contributed by atoms with Gasteiger partial charge < -0.3 is 10.6 Å². The van der Waals surface area contributed by atoms with Gasteiger partial charge >= 0.3 is 0 Å². The summed E-state index contributed by atoms with van der Waals surface area (Å²) in [4.78, 5) is 6.54. The van der Waals surface area contributed by atoms with E-state index in [0.29, 0.717) is 11.2 Å². The van der Waals surface area contributed by atoms with E-state index in [1.54, 1.807) is 12.4 Å². The zero-order chi connectivity index (χ0) is 12.8. The van der Waals surface area contributed by atoms with Crippen LogP contribution in [0.15, 0.2) is 24.5 Å². The third-order valence-corrected chi connectivity index (χ3v) is 3.57. The fourth-order valence-corrected chi connectivity index (χ4v) is 2.57. The second-order valence-corrected chi connectivity index (χ2v) is 4.91. The quantitative estimate of drug-likeness (QED) is 0.812. The van der Waals surface area contributed by atoms with Gasteiger partial charge in [-0.1, -0.05) is 6.92 Å². The summed E-state index contributed by atoms with van der Waals surface area (Å²) in [5.41, 5.74) is 0.925. The van der Waals surface area contributed by atoms with Crippen molar-refractivity contribution in [1.29, 1.82) is 0 Å². The molecule has 0 spiro atoms. The van der Waals surface area contributed by atoms with Crippen LogP contribution >= 0.6 is 12.2 Å². The van der Waals surface area contributed by atoms with Crippen molar-refractivity contribution in [3.05, 3.63) is 24.5 Å². The Balaban J connectivity index is 1.75. The summed E-state index contributed by atoms with van der Waals surface area (Å²) < 4.78 is 0. The number of thiocarbonyl (C=S) groups is 1. The summed E-state index contributed by atoms with van der Waals surface area (Å²) in [6.07, 6.45) is 6.07. The topological polar surface area (TPSA) is 40.2 Å². The summed E-state index contributed by atoms with van der Waals surface area (Å²) >= 11 is 5.28. The molecule has 1 aliphatic heterocycles. The van der Waals surface area contributed by atoms with Crippen LogP contribution in [0.25, 0.3) is 0 Å². The van der Waals surface area contributed by atoms with Crippen LogP contribution in [0.4, 0.5) is 5.69 Å². The molecule has 1 aromatic rings. The highest BCUT2D eigenvalue weighted by atomic mass is 32.1. The van der Waals surface area contributed by atoms with Crippen molar-refractivity contribution in [3.63, 3.8) is 0 Å². The van der Waals surface area contributed by atoms with Crippen molar-refractivity contribution in [2.75, 3.05) is 25.0 Å². The molecule has 1 saturated heterocycles. The van der Waals surface area contributed by atoms with Crippen molar-refractivity contribution in [1.82, 2.24) is 15.2 Å². The standard InChI is InChI=1S/C13H20N4S/c1-2-17-8-4-6-12(17)10-15-13(18)16-11-5-3-7-14-9-11/h3,5,7,9,12H,2,4,6,8,10H2,1H3,(H2,15,16,18)/t12-/m0/s1. The molecule has 0 saturated carbocycles. The summed E-state index contributed by atoms with van der Waals surface area (Å²) in [6.45, 7) is 5.46. The first-order valence-corrected chi connectivity index (χ1v) is 6.89. The highest BCUT2D eigenvalue weighted by molar-refractivity contribution is 7.80. The largest absolute Gasteiger partial charge is 0.361 e. The second kappa shape index (κ2) is 6.66. The number of rotatable bonds is 4. The molecule has 4 nitrogen and oxygen atoms in total. The Morgan fingerprint density at radius 2 is 2.50 bits per heavy atom. The Kier molecular flexibility index (Phi) is 4.90. The van der Waals surface area contributed by atoms with Gasteiger partial charge in [-0.3, -0.25) is 9.88 Å². The first-order valence-electron chi connectivity index (χ1n) is 6.48. The number of anilines is 1. The lowest BCUT2D eigenvalue weighted by molar-refractivity contribution is 0.267. The van der Waals surface area contributed by atoms with Crippen molar-refractivity contribution in [2.45, 2.75) is 25.8 Å². The molecule has 0 bridgehead atoms. The lowest BCUT2D eigenvalue weighted by Gasteiger charge is -2.23. The Bertz CT molecular complexity index is 382. The zero-order valence-corrected chi connectivity index (χ0v) is 11.5. The molecule has 0 amide bonds. The monoisotopic (exact) mass is 264 g/mol. The molecule has 5 heteroatoms. The number of pyridine rings is 1. The van der Waals surface area contributed by atoms with Gasteiger partial charge in [0, 0.05) is 18.8 Å². The summed E-state index contributed by atoms with van der Waals surface area (Å²) in [7, 11) is 0. The van der Waals surface area contributed by atoms with Crippen LogP contribution in [0.3, 0.4) is 0 Å². The predicted octanol–water partition coefficient (Wildman–Crippen LogP) is 1.85. The van der Waals surface area contributed by atoms with E-state index in [-0.39, 0.29) is 0 Å². The first kappa shape index (κ1) is 13.2. The molecule has 0 aliphatic carbocycles. The minimum Gasteiger partial charge on any atom is -0.361 e. The van der Waals surface area contributed by atoms with Crippen LogP contribution in [0.2, 0.25) is 0 Å². The average Bonchev–Trinajstić information content (AvgIpc) is 2.85.